The van der Waals surface area contributed by atoms with E-state index in [4.69, 9.17) is 20.8 Å². The van der Waals surface area contributed by atoms with Gasteiger partial charge >= 0.3 is 5.97 Å². The van der Waals surface area contributed by atoms with Gasteiger partial charge in [-0.15, -0.1) is 5.10 Å². The molecular formula is C16H13ClN6O3. The average molecular weight is 373 g/mol. The lowest BCUT2D eigenvalue weighted by Gasteiger charge is -2.06. The lowest BCUT2D eigenvalue weighted by Crippen LogP contribution is -2.05. The summed E-state index contributed by atoms with van der Waals surface area (Å²) in [5.74, 6) is 0.727. The zero-order valence-corrected chi connectivity index (χ0v) is 14.1. The Morgan fingerprint density at radius 3 is 3.08 bits per heavy atom. The van der Waals surface area contributed by atoms with Gasteiger partial charge in [-0.3, -0.25) is 0 Å². The highest BCUT2D eigenvalue weighted by atomic mass is 35.5. The molecule has 0 amide bonds. The van der Waals surface area contributed by atoms with E-state index in [2.05, 4.69) is 37.7 Å². The molecule has 1 aromatic carbocycles. The summed E-state index contributed by atoms with van der Waals surface area (Å²) in [7, 11) is 0. The van der Waals surface area contributed by atoms with Gasteiger partial charge < -0.3 is 9.15 Å². The number of rotatable bonds is 7. The van der Waals surface area contributed by atoms with E-state index in [9.17, 15) is 4.79 Å². The van der Waals surface area contributed by atoms with Gasteiger partial charge in [-0.2, -0.15) is 10.3 Å². The molecule has 0 atom stereocenters. The molecule has 0 aliphatic heterocycles. The number of tetrazole rings is 1. The highest BCUT2D eigenvalue weighted by molar-refractivity contribution is 6.33. The van der Waals surface area contributed by atoms with Crippen LogP contribution in [0.1, 0.15) is 16.1 Å². The molecule has 2 N–H and O–H groups in total. The van der Waals surface area contributed by atoms with Crippen molar-refractivity contribution in [3.8, 4) is 11.3 Å². The number of hydrogen-bond donors (Lipinski definition) is 2. The Morgan fingerprint density at radius 2 is 2.31 bits per heavy atom. The van der Waals surface area contributed by atoms with Crippen molar-refractivity contribution < 1.29 is 13.9 Å². The number of hydrazone groups is 1. The summed E-state index contributed by atoms with van der Waals surface area (Å²) in [5, 5.41) is 17.3. The monoisotopic (exact) mass is 372 g/mol. The molecule has 0 spiro atoms. The Bertz CT molecular complexity index is 935. The minimum atomic E-state index is -0.533. The quantitative estimate of drug-likeness (QED) is 0.283. The number of ether oxygens (including phenoxy) is 1. The topological polar surface area (TPSA) is 118 Å². The van der Waals surface area contributed by atoms with Crippen LogP contribution < -0.4 is 5.43 Å². The number of benzene rings is 1. The van der Waals surface area contributed by atoms with Gasteiger partial charge in [-0.05, 0) is 35.5 Å². The van der Waals surface area contributed by atoms with E-state index in [-0.39, 0.29) is 18.1 Å². The van der Waals surface area contributed by atoms with E-state index in [1.54, 1.807) is 30.3 Å². The Labute approximate surface area is 152 Å². The molecule has 0 saturated carbocycles. The van der Waals surface area contributed by atoms with Crippen molar-refractivity contribution in [2.75, 3.05) is 12.0 Å². The van der Waals surface area contributed by atoms with Crippen molar-refractivity contribution in [3.05, 3.63) is 59.3 Å². The third-order valence-corrected chi connectivity index (χ3v) is 3.46. The summed E-state index contributed by atoms with van der Waals surface area (Å²) in [6, 6.07) is 8.42. The number of aromatic nitrogens is 4. The molecule has 3 rings (SSSR count). The molecule has 2 heterocycles. The average Bonchev–Trinajstić information content (AvgIpc) is 3.32. The van der Waals surface area contributed by atoms with Crippen LogP contribution >= 0.6 is 11.6 Å². The van der Waals surface area contributed by atoms with Crippen molar-refractivity contribution in [3.63, 3.8) is 0 Å². The van der Waals surface area contributed by atoms with Crippen molar-refractivity contribution >= 4 is 29.7 Å². The van der Waals surface area contributed by atoms with E-state index >= 15 is 0 Å². The Hall–Kier alpha value is -3.46. The third-order valence-electron chi connectivity index (χ3n) is 3.13. The van der Waals surface area contributed by atoms with Gasteiger partial charge in [0.25, 0.3) is 5.95 Å². The van der Waals surface area contributed by atoms with Gasteiger partial charge in [0.15, 0.2) is 0 Å². The lowest BCUT2D eigenvalue weighted by molar-refractivity contribution is 0.0550. The summed E-state index contributed by atoms with van der Waals surface area (Å²) < 4.78 is 10.7. The predicted molar refractivity (Wildman–Crippen MR) is 95.0 cm³/mol. The molecule has 2 aromatic heterocycles. The zero-order chi connectivity index (χ0) is 18.4. The summed E-state index contributed by atoms with van der Waals surface area (Å²) in [6.45, 7) is 3.61. The highest BCUT2D eigenvalue weighted by Crippen LogP contribution is 2.27. The first-order valence-electron chi connectivity index (χ1n) is 7.37. The normalized spacial score (nSPS) is 10.8. The summed E-state index contributed by atoms with van der Waals surface area (Å²) >= 11 is 6.07. The number of hydrogen-bond acceptors (Lipinski definition) is 8. The first kappa shape index (κ1) is 17.4. The fraction of sp³-hybridized carbons (Fsp3) is 0.0625. The van der Waals surface area contributed by atoms with Gasteiger partial charge in [0.2, 0.25) is 0 Å². The second-order valence-corrected chi connectivity index (χ2v) is 5.30. The van der Waals surface area contributed by atoms with Gasteiger partial charge in [-0.25, -0.2) is 10.2 Å². The van der Waals surface area contributed by atoms with Crippen molar-refractivity contribution in [2.24, 2.45) is 5.10 Å². The van der Waals surface area contributed by atoms with Crippen molar-refractivity contribution in [2.45, 2.75) is 0 Å². The number of esters is 1. The van der Waals surface area contributed by atoms with Crippen LogP contribution in [0.3, 0.4) is 0 Å². The number of nitrogens with zero attached hydrogens (tertiary/aromatic N) is 4. The van der Waals surface area contributed by atoms with Crippen molar-refractivity contribution in [1.82, 2.24) is 20.6 Å². The minimum Gasteiger partial charge on any atom is -0.458 e. The summed E-state index contributed by atoms with van der Waals surface area (Å²) in [6.07, 6.45) is 2.94. The number of carbonyl (C=O) groups excluding carboxylic acids is 1. The number of aromatic amines is 1. The lowest BCUT2D eigenvalue weighted by atomic mass is 10.1. The zero-order valence-electron chi connectivity index (χ0n) is 13.3. The summed E-state index contributed by atoms with van der Waals surface area (Å²) in [5.41, 5.74) is 3.50. The number of nitrogens with one attached hydrogen (secondary N) is 2. The van der Waals surface area contributed by atoms with Gasteiger partial charge in [0.1, 0.15) is 18.1 Å². The van der Waals surface area contributed by atoms with E-state index in [1.165, 1.54) is 12.3 Å². The SMILES string of the molecule is C=CCOC(=O)c1cc(-c2ccc(/C=N/Nc3nn[nH]n3)o2)ccc1Cl. The van der Waals surface area contributed by atoms with Crippen LogP contribution in [0.2, 0.25) is 5.02 Å². The van der Waals surface area contributed by atoms with Crippen LogP contribution in [0.5, 0.6) is 0 Å². The smallest absolute Gasteiger partial charge is 0.339 e. The standard InChI is InChI=1S/C16H13ClN6O3/c1-2-7-25-15(24)12-8-10(3-5-13(12)17)14-6-4-11(26-14)9-18-19-16-20-22-23-21-16/h2-6,8-9H,1,7H2,(H2,19,20,21,22,23)/b18-9+. The largest absolute Gasteiger partial charge is 0.458 e. The molecule has 0 saturated heterocycles. The van der Waals surface area contributed by atoms with Crippen LogP contribution in [-0.4, -0.2) is 39.4 Å². The second kappa shape index (κ2) is 8.08. The first-order valence-corrected chi connectivity index (χ1v) is 7.75. The fourth-order valence-electron chi connectivity index (χ4n) is 1.99. The van der Waals surface area contributed by atoms with Crippen LogP contribution in [0.15, 0.2) is 52.5 Å². The maximum Gasteiger partial charge on any atom is 0.339 e. The van der Waals surface area contributed by atoms with Crippen LogP contribution in [-0.2, 0) is 4.74 Å². The van der Waals surface area contributed by atoms with Crippen molar-refractivity contribution in [1.29, 1.82) is 0 Å². The predicted octanol–water partition coefficient (Wildman–Crippen LogP) is 2.90. The van der Waals surface area contributed by atoms with E-state index < -0.39 is 5.97 Å². The molecule has 0 radical (unpaired) electrons. The number of anilines is 1. The second-order valence-electron chi connectivity index (χ2n) is 4.89. The molecule has 0 fully saturated rings. The molecule has 0 aliphatic carbocycles. The molecule has 10 heteroatoms. The fourth-order valence-corrected chi connectivity index (χ4v) is 2.18. The number of carbonyl (C=O) groups is 1. The molecule has 3 aromatic rings. The van der Waals surface area contributed by atoms with E-state index in [1.807, 2.05) is 0 Å². The highest BCUT2D eigenvalue weighted by Gasteiger charge is 2.14. The number of furan rings is 1. The Morgan fingerprint density at radius 1 is 1.42 bits per heavy atom. The molecule has 132 valence electrons. The van der Waals surface area contributed by atoms with Crippen LogP contribution in [0.25, 0.3) is 11.3 Å². The molecule has 0 bridgehead atoms. The van der Waals surface area contributed by atoms with E-state index in [0.29, 0.717) is 22.1 Å². The molecule has 0 aliphatic rings. The minimum absolute atomic E-state index is 0.105. The first-order chi connectivity index (χ1) is 12.7. The summed E-state index contributed by atoms with van der Waals surface area (Å²) in [4.78, 5) is 12.0. The molecule has 9 nitrogen and oxygen atoms in total. The molecule has 26 heavy (non-hydrogen) atoms. The van der Waals surface area contributed by atoms with Crippen LogP contribution in [0, 0.1) is 0 Å². The van der Waals surface area contributed by atoms with Crippen LogP contribution in [0.4, 0.5) is 5.95 Å². The van der Waals surface area contributed by atoms with E-state index in [0.717, 1.165) is 0 Å². The third kappa shape index (κ3) is 4.14. The maximum atomic E-state index is 12.0. The Balaban J connectivity index is 1.75. The van der Waals surface area contributed by atoms with Gasteiger partial charge in [-0.1, -0.05) is 29.4 Å². The number of H-pyrrole nitrogens is 1. The number of halogens is 1. The Kier molecular flexibility index (Phi) is 5.40. The van der Waals surface area contributed by atoms with Gasteiger partial charge in [0, 0.05) is 5.56 Å². The maximum absolute atomic E-state index is 12.0. The van der Waals surface area contributed by atoms with Gasteiger partial charge in [0.05, 0.1) is 16.8 Å². The molecular weight excluding hydrogens is 360 g/mol. The molecule has 0 unspecified atom stereocenters.